The molecule has 1 aliphatic heterocycles. The summed E-state index contributed by atoms with van der Waals surface area (Å²) in [5.74, 6) is 1.05. The number of hydrogen-bond acceptors (Lipinski definition) is 4. The monoisotopic (exact) mass is 296 g/mol. The van der Waals surface area contributed by atoms with Gasteiger partial charge in [-0.3, -0.25) is 4.79 Å². The molecule has 2 aliphatic rings. The number of nitrogens with zero attached hydrogens (tertiary/aromatic N) is 1. The van der Waals surface area contributed by atoms with E-state index in [1.807, 2.05) is 25.7 Å². The lowest BCUT2D eigenvalue weighted by atomic mass is 9.83. The number of rotatable bonds is 5. The molecule has 2 rings (SSSR count). The molecule has 0 aromatic carbocycles. The maximum atomic E-state index is 12.9. The fourth-order valence-electron chi connectivity index (χ4n) is 4.00. The van der Waals surface area contributed by atoms with Gasteiger partial charge in [0.15, 0.2) is 0 Å². The molecule has 1 amide bonds. The zero-order chi connectivity index (χ0) is 16.0. The topological polar surface area (TPSA) is 61.8 Å². The molecule has 1 aliphatic carbocycles. The number of likely N-dealkylation sites (tertiary alicyclic amines) is 1. The molecular formula is C15H29BN2O3. The van der Waals surface area contributed by atoms with E-state index < -0.39 is 0 Å². The molecule has 2 N–H and O–H groups in total. The van der Waals surface area contributed by atoms with E-state index in [2.05, 4.69) is 19.1 Å². The number of nitrogens with one attached hydrogen (secondary N) is 1. The van der Waals surface area contributed by atoms with Crippen LogP contribution in [0.4, 0.5) is 0 Å². The zero-order valence-corrected chi connectivity index (χ0v) is 14.1. The first-order chi connectivity index (χ1) is 9.66. The minimum absolute atomic E-state index is 0.0355. The van der Waals surface area contributed by atoms with Crippen LogP contribution in [0.15, 0.2) is 0 Å². The Bertz CT molecular complexity index is 408. The fourth-order valence-corrected chi connectivity index (χ4v) is 4.00. The van der Waals surface area contributed by atoms with Crippen molar-refractivity contribution in [2.45, 2.75) is 46.7 Å². The number of aliphatic hydroxyl groups is 1. The maximum Gasteiger partial charge on any atom is 0.361 e. The van der Waals surface area contributed by atoms with Gasteiger partial charge in [-0.25, -0.2) is 0 Å². The Morgan fingerprint density at radius 3 is 2.62 bits per heavy atom. The molecule has 0 bridgehead atoms. The summed E-state index contributed by atoms with van der Waals surface area (Å²) < 4.78 is 5.07. The smallest absolute Gasteiger partial charge is 0.361 e. The lowest BCUT2D eigenvalue weighted by Crippen LogP contribution is -2.57. The summed E-state index contributed by atoms with van der Waals surface area (Å²) in [6, 6.07) is -0.334. The number of hydrogen-bond donors (Lipinski definition) is 2. The number of aliphatic hydroxyl groups excluding tert-OH is 1. The van der Waals surface area contributed by atoms with E-state index in [1.165, 1.54) is 0 Å². The first-order valence-electron chi connectivity index (χ1n) is 7.80. The lowest BCUT2D eigenvalue weighted by Gasteiger charge is -2.37. The van der Waals surface area contributed by atoms with Crippen molar-refractivity contribution in [3.63, 3.8) is 0 Å². The van der Waals surface area contributed by atoms with Crippen molar-refractivity contribution < 1.29 is 14.6 Å². The number of piperidine rings is 1. The third-order valence-electron chi connectivity index (χ3n) is 5.36. The van der Waals surface area contributed by atoms with E-state index in [4.69, 9.17) is 4.65 Å². The second kappa shape index (κ2) is 5.56. The van der Waals surface area contributed by atoms with Crippen molar-refractivity contribution in [1.82, 2.24) is 10.1 Å². The molecule has 5 nitrogen and oxygen atoms in total. The average Bonchev–Trinajstić information content (AvgIpc) is 2.74. The van der Waals surface area contributed by atoms with Gasteiger partial charge in [0.1, 0.15) is 0 Å². The fraction of sp³-hybridized carbons (Fsp3) is 0.933. The minimum Gasteiger partial charge on any atom is -0.427 e. The molecule has 21 heavy (non-hydrogen) atoms. The van der Waals surface area contributed by atoms with Gasteiger partial charge in [-0.05, 0) is 22.7 Å². The van der Waals surface area contributed by atoms with Crippen LogP contribution in [0.25, 0.3) is 0 Å². The summed E-state index contributed by atoms with van der Waals surface area (Å²) in [5.41, 5.74) is 0.0687. The Balaban J connectivity index is 2.11. The maximum absolute atomic E-state index is 12.9. The second-order valence-electron chi connectivity index (χ2n) is 8.13. The van der Waals surface area contributed by atoms with Gasteiger partial charge in [0.2, 0.25) is 5.91 Å². The lowest BCUT2D eigenvalue weighted by molar-refractivity contribution is -0.138. The van der Waals surface area contributed by atoms with Crippen molar-refractivity contribution in [2.24, 2.45) is 22.7 Å². The summed E-state index contributed by atoms with van der Waals surface area (Å²) >= 11 is 0. The Hall–Kier alpha value is -0.585. The van der Waals surface area contributed by atoms with E-state index in [1.54, 1.807) is 7.11 Å². The molecule has 0 aromatic rings. The Labute approximate surface area is 128 Å². The quantitative estimate of drug-likeness (QED) is 0.720. The third kappa shape index (κ3) is 2.85. The van der Waals surface area contributed by atoms with Gasteiger partial charge < -0.3 is 19.9 Å². The van der Waals surface area contributed by atoms with E-state index in [9.17, 15) is 9.90 Å². The standard InChI is InChI=1S/C15H29BN2O3/c1-14(2,3)12(17-16-21-6)13(20)18-7-9-11(10(18)8-19)15(9,4)5/h9-12,16-17,19H,7-8H2,1-6H3/t9-,10+,11-,12+/m0/s1. The highest BCUT2D eigenvalue weighted by atomic mass is 16.4. The van der Waals surface area contributed by atoms with Crippen LogP contribution in [0.5, 0.6) is 0 Å². The van der Waals surface area contributed by atoms with Crippen LogP contribution in [-0.2, 0) is 9.45 Å². The van der Waals surface area contributed by atoms with Gasteiger partial charge in [0.25, 0.3) is 0 Å². The third-order valence-corrected chi connectivity index (χ3v) is 5.36. The Morgan fingerprint density at radius 1 is 1.52 bits per heavy atom. The highest BCUT2D eigenvalue weighted by Gasteiger charge is 2.67. The summed E-state index contributed by atoms with van der Waals surface area (Å²) in [6.45, 7) is 11.4. The molecule has 0 aromatic heterocycles. The van der Waals surface area contributed by atoms with Gasteiger partial charge in [0.05, 0.1) is 18.7 Å². The summed E-state index contributed by atoms with van der Waals surface area (Å²) in [5, 5.41) is 12.9. The van der Waals surface area contributed by atoms with Crippen molar-refractivity contribution in [3.05, 3.63) is 0 Å². The molecule has 6 heteroatoms. The van der Waals surface area contributed by atoms with Crippen LogP contribution >= 0.6 is 0 Å². The normalized spacial score (nSPS) is 31.8. The number of amides is 1. The molecule has 0 spiro atoms. The molecule has 1 heterocycles. The predicted molar refractivity (Wildman–Crippen MR) is 83.9 cm³/mol. The van der Waals surface area contributed by atoms with Crippen LogP contribution in [0.1, 0.15) is 34.6 Å². The van der Waals surface area contributed by atoms with Crippen molar-refractivity contribution in [3.8, 4) is 0 Å². The Morgan fingerprint density at radius 2 is 2.14 bits per heavy atom. The molecule has 2 fully saturated rings. The van der Waals surface area contributed by atoms with Crippen molar-refractivity contribution >= 4 is 13.5 Å². The Kier molecular flexibility index (Phi) is 4.44. The first kappa shape index (κ1) is 16.8. The molecular weight excluding hydrogens is 267 g/mol. The molecule has 120 valence electrons. The minimum atomic E-state index is -0.299. The molecule has 1 saturated carbocycles. The highest BCUT2D eigenvalue weighted by Crippen LogP contribution is 2.64. The van der Waals surface area contributed by atoms with Gasteiger partial charge in [-0.1, -0.05) is 34.6 Å². The SMILES string of the molecule is COBN[C@H](C(=O)N1C[C@H]2[C@@H]([C@H]1CO)C2(C)C)C(C)(C)C. The summed E-state index contributed by atoms with van der Waals surface area (Å²) in [4.78, 5) is 14.8. The zero-order valence-electron chi connectivity index (χ0n) is 14.1. The number of carbonyl (C=O) groups excluding carboxylic acids is 1. The van der Waals surface area contributed by atoms with Gasteiger partial charge in [-0.15, -0.1) is 0 Å². The van der Waals surface area contributed by atoms with E-state index >= 15 is 0 Å². The van der Waals surface area contributed by atoms with E-state index in [0.29, 0.717) is 19.5 Å². The van der Waals surface area contributed by atoms with Gasteiger partial charge >= 0.3 is 7.62 Å². The van der Waals surface area contributed by atoms with Crippen LogP contribution in [0, 0.1) is 22.7 Å². The van der Waals surface area contributed by atoms with Crippen LogP contribution in [0.2, 0.25) is 0 Å². The van der Waals surface area contributed by atoms with Crippen molar-refractivity contribution in [2.75, 3.05) is 20.3 Å². The molecule has 0 unspecified atom stereocenters. The molecule has 1 saturated heterocycles. The van der Waals surface area contributed by atoms with Crippen LogP contribution in [0.3, 0.4) is 0 Å². The largest absolute Gasteiger partial charge is 0.427 e. The van der Waals surface area contributed by atoms with Gasteiger partial charge in [-0.2, -0.15) is 0 Å². The molecule has 4 atom stereocenters. The van der Waals surface area contributed by atoms with Crippen LogP contribution in [-0.4, -0.2) is 55.9 Å². The second-order valence-corrected chi connectivity index (χ2v) is 8.13. The van der Waals surface area contributed by atoms with E-state index in [0.717, 1.165) is 6.54 Å². The number of fused-ring (bicyclic) bond motifs is 1. The first-order valence-corrected chi connectivity index (χ1v) is 7.80. The molecule has 0 radical (unpaired) electrons. The highest BCUT2D eigenvalue weighted by molar-refractivity contribution is 6.24. The van der Waals surface area contributed by atoms with Crippen molar-refractivity contribution in [1.29, 1.82) is 0 Å². The summed E-state index contributed by atoms with van der Waals surface area (Å²) in [6.07, 6.45) is 0. The predicted octanol–water partition coefficient (Wildman–Crippen LogP) is 0.379. The van der Waals surface area contributed by atoms with Crippen LogP contribution < -0.4 is 5.23 Å². The van der Waals surface area contributed by atoms with Gasteiger partial charge in [0, 0.05) is 13.7 Å². The van der Waals surface area contributed by atoms with E-state index in [-0.39, 0.29) is 35.4 Å². The summed E-state index contributed by atoms with van der Waals surface area (Å²) in [7, 11) is 1.96. The average molecular weight is 296 g/mol. The number of carbonyl (C=O) groups is 1.